The Hall–Kier alpha value is -1.37. The van der Waals surface area contributed by atoms with E-state index in [4.69, 9.17) is 0 Å². The van der Waals surface area contributed by atoms with Crippen molar-refractivity contribution in [3.05, 3.63) is 45.7 Å². The van der Waals surface area contributed by atoms with Gasteiger partial charge in [0.25, 0.3) is 5.91 Å². The zero-order valence-corrected chi connectivity index (χ0v) is 16.4. The highest BCUT2D eigenvalue weighted by atomic mass is 79.9. The van der Waals surface area contributed by atoms with Gasteiger partial charge in [-0.05, 0) is 67.0 Å². The molecule has 1 atom stereocenters. The molecule has 1 aromatic carbocycles. The Morgan fingerprint density at radius 3 is 2.50 bits per heavy atom. The van der Waals surface area contributed by atoms with Crippen LogP contribution in [0.15, 0.2) is 28.7 Å². The third kappa shape index (κ3) is 3.50. The molecule has 0 saturated carbocycles. The van der Waals surface area contributed by atoms with Gasteiger partial charge < -0.3 is 10.2 Å². The van der Waals surface area contributed by atoms with Gasteiger partial charge in [-0.3, -0.25) is 4.79 Å². The Bertz CT molecular complexity index is 723. The van der Waals surface area contributed by atoms with Crippen LogP contribution < -0.4 is 5.32 Å². The molecule has 3 rings (SSSR count). The summed E-state index contributed by atoms with van der Waals surface area (Å²) < 4.78 is 2.91. The van der Waals surface area contributed by atoms with Crippen LogP contribution in [0.1, 0.15) is 28.2 Å². The lowest BCUT2D eigenvalue weighted by Gasteiger charge is -2.23. The summed E-state index contributed by atoms with van der Waals surface area (Å²) >= 11 is 3.54. The van der Waals surface area contributed by atoms with Gasteiger partial charge >= 0.3 is 0 Å². The van der Waals surface area contributed by atoms with Gasteiger partial charge in [0.2, 0.25) is 0 Å². The first kappa shape index (κ1) is 19.0. The van der Waals surface area contributed by atoms with E-state index >= 15 is 0 Å². The number of benzene rings is 1. The lowest BCUT2D eigenvalue weighted by atomic mass is 10.1. The Balaban J connectivity index is 0.00000208. The van der Waals surface area contributed by atoms with E-state index in [0.717, 1.165) is 41.1 Å². The van der Waals surface area contributed by atoms with Crippen LogP contribution in [-0.2, 0) is 0 Å². The molecule has 2 heterocycles. The molecule has 1 N–H and O–H groups in total. The third-order valence-electron chi connectivity index (χ3n) is 4.46. The number of carbonyl (C=O) groups excluding carboxylic acids is 1. The Labute approximate surface area is 157 Å². The van der Waals surface area contributed by atoms with Crippen LogP contribution in [0.2, 0.25) is 0 Å². The first-order chi connectivity index (χ1) is 11.0. The van der Waals surface area contributed by atoms with Crippen molar-refractivity contribution < 1.29 is 4.79 Å². The molecule has 1 aliphatic rings. The van der Waals surface area contributed by atoms with Crippen LogP contribution >= 0.6 is 28.3 Å². The number of nitrogens with one attached hydrogen (secondary N) is 1. The molecule has 1 saturated heterocycles. The average Bonchev–Trinajstić information content (AvgIpc) is 3.19. The summed E-state index contributed by atoms with van der Waals surface area (Å²) in [6.07, 6.45) is 1.01. The Kier molecular flexibility index (Phi) is 6.06. The minimum Gasteiger partial charge on any atom is -0.337 e. The molecule has 5 nitrogen and oxygen atoms in total. The van der Waals surface area contributed by atoms with E-state index in [1.807, 2.05) is 54.7 Å². The van der Waals surface area contributed by atoms with Crippen LogP contribution in [0, 0.1) is 13.8 Å². The maximum atomic E-state index is 12.6. The van der Waals surface area contributed by atoms with Crippen molar-refractivity contribution in [2.75, 3.05) is 20.1 Å². The van der Waals surface area contributed by atoms with Crippen molar-refractivity contribution in [1.82, 2.24) is 20.0 Å². The number of carbonyl (C=O) groups is 1. The minimum absolute atomic E-state index is 0. The number of aryl methyl sites for hydroxylation is 1. The number of hydrogen-bond acceptors (Lipinski definition) is 3. The fourth-order valence-electron chi connectivity index (χ4n) is 2.96. The highest BCUT2D eigenvalue weighted by molar-refractivity contribution is 9.10. The number of amides is 1. The SMILES string of the molecule is Cc1nn(-c2ccc(C(=O)N(C)C3CCNC3)cc2)c(C)c1Br.Cl. The quantitative estimate of drug-likeness (QED) is 0.841. The molecule has 0 spiro atoms. The first-order valence-electron chi connectivity index (χ1n) is 7.79. The number of aromatic nitrogens is 2. The average molecular weight is 414 g/mol. The van der Waals surface area contributed by atoms with E-state index in [2.05, 4.69) is 26.3 Å². The molecule has 0 radical (unpaired) electrons. The summed E-state index contributed by atoms with van der Waals surface area (Å²) in [5, 5.41) is 7.81. The van der Waals surface area contributed by atoms with Gasteiger partial charge in [-0.2, -0.15) is 5.10 Å². The predicted molar refractivity (Wildman–Crippen MR) is 101 cm³/mol. The van der Waals surface area contributed by atoms with Crippen LogP contribution in [0.3, 0.4) is 0 Å². The molecular formula is C17H22BrClN4O. The van der Waals surface area contributed by atoms with E-state index in [1.165, 1.54) is 0 Å². The van der Waals surface area contributed by atoms with Crippen molar-refractivity contribution >= 4 is 34.2 Å². The second kappa shape index (κ2) is 7.68. The van der Waals surface area contributed by atoms with E-state index in [9.17, 15) is 4.79 Å². The van der Waals surface area contributed by atoms with Crippen LogP contribution in [0.25, 0.3) is 5.69 Å². The van der Waals surface area contributed by atoms with Crippen LogP contribution in [-0.4, -0.2) is 46.8 Å². The zero-order valence-electron chi connectivity index (χ0n) is 14.0. The number of hydrogen-bond donors (Lipinski definition) is 1. The van der Waals surface area contributed by atoms with Crippen molar-refractivity contribution in [2.45, 2.75) is 26.3 Å². The smallest absolute Gasteiger partial charge is 0.253 e. The number of nitrogens with zero attached hydrogens (tertiary/aromatic N) is 3. The van der Waals surface area contributed by atoms with E-state index in [-0.39, 0.29) is 24.4 Å². The fourth-order valence-corrected chi connectivity index (χ4v) is 3.21. The predicted octanol–water partition coefficient (Wildman–Crippen LogP) is 3.11. The first-order valence-corrected chi connectivity index (χ1v) is 8.58. The fraction of sp³-hybridized carbons (Fsp3) is 0.412. The Morgan fingerprint density at radius 2 is 2.00 bits per heavy atom. The molecule has 1 amide bonds. The summed E-state index contributed by atoms with van der Waals surface area (Å²) in [7, 11) is 1.88. The summed E-state index contributed by atoms with van der Waals surface area (Å²) in [6.45, 7) is 5.84. The molecule has 0 bridgehead atoms. The Morgan fingerprint density at radius 1 is 1.33 bits per heavy atom. The molecule has 0 aliphatic carbocycles. The van der Waals surface area contributed by atoms with Crippen molar-refractivity contribution in [3.63, 3.8) is 0 Å². The summed E-state index contributed by atoms with van der Waals surface area (Å²) in [5.41, 5.74) is 3.67. The third-order valence-corrected chi connectivity index (χ3v) is 5.61. The lowest BCUT2D eigenvalue weighted by Crippen LogP contribution is -2.38. The zero-order chi connectivity index (χ0) is 16.6. The molecular weight excluding hydrogens is 392 g/mol. The summed E-state index contributed by atoms with van der Waals surface area (Å²) in [6, 6.07) is 7.93. The summed E-state index contributed by atoms with van der Waals surface area (Å²) in [5.74, 6) is 0.0693. The maximum absolute atomic E-state index is 12.6. The maximum Gasteiger partial charge on any atom is 0.253 e. The topological polar surface area (TPSA) is 50.2 Å². The molecule has 130 valence electrons. The number of rotatable bonds is 3. The standard InChI is InChI=1S/C17H21BrN4O.ClH/c1-11-16(18)12(2)22(20-11)14-6-4-13(5-7-14)17(23)21(3)15-8-9-19-10-15;/h4-7,15,19H,8-10H2,1-3H3;1H. The molecule has 2 aromatic rings. The molecule has 24 heavy (non-hydrogen) atoms. The van der Waals surface area contributed by atoms with Gasteiger partial charge in [0.1, 0.15) is 0 Å². The van der Waals surface area contributed by atoms with Crippen molar-refractivity contribution in [1.29, 1.82) is 0 Å². The van der Waals surface area contributed by atoms with Gasteiger partial charge in [0.15, 0.2) is 0 Å². The van der Waals surface area contributed by atoms with Gasteiger partial charge in [-0.1, -0.05) is 0 Å². The number of halogens is 2. The van der Waals surface area contributed by atoms with Crippen molar-refractivity contribution in [3.8, 4) is 5.69 Å². The van der Waals surface area contributed by atoms with Gasteiger partial charge in [-0.25, -0.2) is 4.68 Å². The molecule has 1 unspecified atom stereocenters. The minimum atomic E-state index is 0. The van der Waals surface area contributed by atoms with E-state index in [0.29, 0.717) is 5.56 Å². The lowest BCUT2D eigenvalue weighted by molar-refractivity contribution is 0.0744. The monoisotopic (exact) mass is 412 g/mol. The molecule has 7 heteroatoms. The van der Waals surface area contributed by atoms with E-state index < -0.39 is 0 Å². The highest BCUT2D eigenvalue weighted by Gasteiger charge is 2.24. The van der Waals surface area contributed by atoms with Crippen LogP contribution in [0.5, 0.6) is 0 Å². The highest BCUT2D eigenvalue weighted by Crippen LogP contribution is 2.23. The van der Waals surface area contributed by atoms with Gasteiger partial charge in [-0.15, -0.1) is 12.4 Å². The normalized spacial score (nSPS) is 16.8. The van der Waals surface area contributed by atoms with E-state index in [1.54, 1.807) is 0 Å². The molecule has 1 aromatic heterocycles. The van der Waals surface area contributed by atoms with Crippen molar-refractivity contribution in [2.24, 2.45) is 0 Å². The summed E-state index contributed by atoms with van der Waals surface area (Å²) in [4.78, 5) is 14.4. The second-order valence-electron chi connectivity index (χ2n) is 6.01. The molecule has 1 aliphatic heterocycles. The van der Waals surface area contributed by atoms with Gasteiger partial charge in [0, 0.05) is 25.2 Å². The van der Waals surface area contributed by atoms with Gasteiger partial charge in [0.05, 0.1) is 21.5 Å². The van der Waals surface area contributed by atoms with Crippen LogP contribution in [0.4, 0.5) is 0 Å². The molecule has 1 fully saturated rings. The largest absolute Gasteiger partial charge is 0.337 e. The number of likely N-dealkylation sites (N-methyl/N-ethyl adjacent to an activating group) is 1. The second-order valence-corrected chi connectivity index (χ2v) is 6.80.